The predicted molar refractivity (Wildman–Crippen MR) is 131 cm³/mol. The summed E-state index contributed by atoms with van der Waals surface area (Å²) in [4.78, 5) is 27.0. The van der Waals surface area contributed by atoms with E-state index in [1.54, 1.807) is 14.2 Å². The molecule has 0 spiro atoms. The highest BCUT2D eigenvalue weighted by molar-refractivity contribution is 7.99. The first-order chi connectivity index (χ1) is 17.1. The van der Waals surface area contributed by atoms with Gasteiger partial charge in [-0.1, -0.05) is 30.0 Å². The first-order valence-electron chi connectivity index (χ1n) is 11.4. The number of benzene rings is 2. The molecular formula is C25H28N4O5S. The van der Waals surface area contributed by atoms with Gasteiger partial charge in [-0.15, -0.1) is 10.2 Å². The van der Waals surface area contributed by atoms with Crippen molar-refractivity contribution in [1.82, 2.24) is 20.4 Å². The molecule has 3 aromatic rings. The van der Waals surface area contributed by atoms with Crippen molar-refractivity contribution in [3.05, 3.63) is 54.1 Å². The highest BCUT2D eigenvalue weighted by Gasteiger charge is 2.24. The maximum absolute atomic E-state index is 12.7. The van der Waals surface area contributed by atoms with Gasteiger partial charge in [0.2, 0.25) is 17.7 Å². The number of piperidine rings is 1. The zero-order valence-corrected chi connectivity index (χ0v) is 20.5. The summed E-state index contributed by atoms with van der Waals surface area (Å²) >= 11 is 1.20. The van der Waals surface area contributed by atoms with Crippen LogP contribution in [0.5, 0.6) is 11.5 Å². The number of aromatic nitrogens is 2. The van der Waals surface area contributed by atoms with Crippen LogP contribution < -0.4 is 14.8 Å². The number of rotatable bonds is 9. The van der Waals surface area contributed by atoms with E-state index in [2.05, 4.69) is 15.5 Å². The van der Waals surface area contributed by atoms with Crippen LogP contribution >= 0.6 is 11.8 Å². The van der Waals surface area contributed by atoms with E-state index < -0.39 is 0 Å². The number of likely N-dealkylation sites (tertiary alicyclic amines) is 1. The number of nitrogens with one attached hydrogen (secondary N) is 1. The van der Waals surface area contributed by atoms with Crippen molar-refractivity contribution >= 4 is 23.6 Å². The SMILES string of the molecule is COc1ccc(-c2nnc(SCC(=O)NC3CCN(C(=O)Cc4ccccc4OC)CC3)o2)cc1. The summed E-state index contributed by atoms with van der Waals surface area (Å²) in [5.41, 5.74) is 1.66. The molecule has 0 radical (unpaired) electrons. The number of ether oxygens (including phenoxy) is 2. The minimum Gasteiger partial charge on any atom is -0.497 e. The van der Waals surface area contributed by atoms with Crippen LogP contribution in [0.2, 0.25) is 0 Å². The molecule has 1 aliphatic rings. The summed E-state index contributed by atoms with van der Waals surface area (Å²) in [7, 11) is 3.21. The molecule has 2 aromatic carbocycles. The second-order valence-corrected chi connectivity index (χ2v) is 9.03. The number of nitrogens with zero attached hydrogens (tertiary/aromatic N) is 3. The molecule has 1 saturated heterocycles. The third-order valence-electron chi connectivity index (χ3n) is 5.82. The molecule has 2 heterocycles. The van der Waals surface area contributed by atoms with Crippen molar-refractivity contribution in [1.29, 1.82) is 0 Å². The quantitative estimate of drug-likeness (QED) is 0.450. The van der Waals surface area contributed by atoms with Crippen LogP contribution in [-0.4, -0.2) is 66.0 Å². The van der Waals surface area contributed by atoms with E-state index in [1.807, 2.05) is 53.4 Å². The molecule has 2 amide bonds. The van der Waals surface area contributed by atoms with E-state index in [9.17, 15) is 9.59 Å². The van der Waals surface area contributed by atoms with Gasteiger partial charge >= 0.3 is 0 Å². The van der Waals surface area contributed by atoms with Gasteiger partial charge in [0.05, 0.1) is 26.4 Å². The molecule has 184 valence electrons. The highest BCUT2D eigenvalue weighted by Crippen LogP contribution is 2.25. The lowest BCUT2D eigenvalue weighted by Crippen LogP contribution is -2.47. The van der Waals surface area contributed by atoms with Gasteiger partial charge in [0, 0.05) is 30.3 Å². The van der Waals surface area contributed by atoms with Gasteiger partial charge in [0.15, 0.2) is 0 Å². The molecule has 1 N–H and O–H groups in total. The summed E-state index contributed by atoms with van der Waals surface area (Å²) < 4.78 is 16.1. The van der Waals surface area contributed by atoms with Crippen LogP contribution in [-0.2, 0) is 16.0 Å². The number of carbonyl (C=O) groups is 2. The van der Waals surface area contributed by atoms with Crippen LogP contribution in [0, 0.1) is 0 Å². The lowest BCUT2D eigenvalue weighted by molar-refractivity contribution is -0.131. The molecule has 35 heavy (non-hydrogen) atoms. The zero-order chi connectivity index (χ0) is 24.6. The summed E-state index contributed by atoms with van der Waals surface area (Å²) in [5.74, 6) is 2.00. The second-order valence-electron chi connectivity index (χ2n) is 8.10. The lowest BCUT2D eigenvalue weighted by Gasteiger charge is -2.32. The summed E-state index contributed by atoms with van der Waals surface area (Å²) in [6.07, 6.45) is 1.74. The fourth-order valence-electron chi connectivity index (χ4n) is 3.91. The number of hydrogen-bond donors (Lipinski definition) is 1. The van der Waals surface area contributed by atoms with Crippen molar-refractivity contribution in [2.45, 2.75) is 30.5 Å². The smallest absolute Gasteiger partial charge is 0.277 e. The minimum absolute atomic E-state index is 0.0379. The standard InChI is InChI=1S/C25H28N4O5S/c1-32-20-9-7-17(8-10-20)24-27-28-25(34-24)35-16-22(30)26-19-11-13-29(14-12-19)23(31)15-18-5-3-4-6-21(18)33-2/h3-10,19H,11-16H2,1-2H3,(H,26,30). The van der Waals surface area contributed by atoms with Gasteiger partial charge in [-0.05, 0) is 43.2 Å². The van der Waals surface area contributed by atoms with Crippen LogP contribution in [0.3, 0.4) is 0 Å². The highest BCUT2D eigenvalue weighted by atomic mass is 32.2. The van der Waals surface area contributed by atoms with Crippen LogP contribution in [0.4, 0.5) is 0 Å². The van der Waals surface area contributed by atoms with E-state index in [-0.39, 0.29) is 23.6 Å². The number of para-hydroxylation sites is 1. The van der Waals surface area contributed by atoms with Crippen molar-refractivity contribution in [2.75, 3.05) is 33.1 Å². The fraction of sp³-hybridized carbons (Fsp3) is 0.360. The van der Waals surface area contributed by atoms with Gasteiger partial charge in [-0.25, -0.2) is 0 Å². The van der Waals surface area contributed by atoms with E-state index in [1.165, 1.54) is 11.8 Å². The molecule has 4 rings (SSSR count). The summed E-state index contributed by atoms with van der Waals surface area (Å²) in [6.45, 7) is 1.22. The Morgan fingerprint density at radius 1 is 1.06 bits per heavy atom. The third-order valence-corrected chi connectivity index (χ3v) is 6.64. The minimum atomic E-state index is -0.0991. The first kappa shape index (κ1) is 24.6. The van der Waals surface area contributed by atoms with E-state index >= 15 is 0 Å². The molecule has 10 heteroatoms. The van der Waals surface area contributed by atoms with Gasteiger partial charge in [0.25, 0.3) is 5.22 Å². The largest absolute Gasteiger partial charge is 0.497 e. The van der Waals surface area contributed by atoms with E-state index in [0.29, 0.717) is 30.6 Å². The molecule has 0 bridgehead atoms. The lowest BCUT2D eigenvalue weighted by atomic mass is 10.0. The maximum Gasteiger partial charge on any atom is 0.277 e. The molecule has 9 nitrogen and oxygen atoms in total. The molecule has 0 aliphatic carbocycles. The topological polar surface area (TPSA) is 107 Å². The number of methoxy groups -OCH3 is 2. The Hall–Kier alpha value is -3.53. The molecule has 0 saturated carbocycles. The molecule has 0 atom stereocenters. The number of carbonyl (C=O) groups excluding carboxylic acids is 2. The van der Waals surface area contributed by atoms with Crippen LogP contribution in [0.1, 0.15) is 18.4 Å². The van der Waals surface area contributed by atoms with Crippen LogP contribution in [0.15, 0.2) is 58.2 Å². The zero-order valence-electron chi connectivity index (χ0n) is 19.7. The van der Waals surface area contributed by atoms with Crippen LogP contribution in [0.25, 0.3) is 11.5 Å². The monoisotopic (exact) mass is 496 g/mol. The van der Waals surface area contributed by atoms with Gasteiger partial charge in [-0.2, -0.15) is 0 Å². The van der Waals surface area contributed by atoms with Gasteiger partial charge in [-0.3, -0.25) is 9.59 Å². The van der Waals surface area contributed by atoms with Crippen molar-refractivity contribution < 1.29 is 23.5 Å². The Kier molecular flexibility index (Phi) is 8.25. The Morgan fingerprint density at radius 2 is 1.80 bits per heavy atom. The van der Waals surface area contributed by atoms with Crippen molar-refractivity contribution in [3.63, 3.8) is 0 Å². The Morgan fingerprint density at radius 3 is 2.51 bits per heavy atom. The molecule has 1 fully saturated rings. The Bertz CT molecular complexity index is 1140. The normalized spacial score (nSPS) is 13.9. The fourth-order valence-corrected chi connectivity index (χ4v) is 4.49. The van der Waals surface area contributed by atoms with Crippen molar-refractivity contribution in [2.24, 2.45) is 0 Å². The van der Waals surface area contributed by atoms with E-state index in [0.717, 1.165) is 35.5 Å². The maximum atomic E-state index is 12.7. The molecule has 1 aliphatic heterocycles. The third kappa shape index (κ3) is 6.54. The van der Waals surface area contributed by atoms with Crippen molar-refractivity contribution in [3.8, 4) is 23.0 Å². The average Bonchev–Trinajstić information content (AvgIpc) is 3.37. The molecule has 0 unspecified atom stereocenters. The van der Waals surface area contributed by atoms with E-state index in [4.69, 9.17) is 13.9 Å². The Labute approximate surface area is 208 Å². The van der Waals surface area contributed by atoms with Gasteiger partial charge in [0.1, 0.15) is 11.5 Å². The Balaban J connectivity index is 1.19. The average molecular weight is 497 g/mol. The molecular weight excluding hydrogens is 468 g/mol. The van der Waals surface area contributed by atoms with Gasteiger partial charge < -0.3 is 24.1 Å². The summed E-state index contributed by atoms with van der Waals surface area (Å²) in [5, 5.41) is 11.4. The predicted octanol–water partition coefficient (Wildman–Crippen LogP) is 3.20. The summed E-state index contributed by atoms with van der Waals surface area (Å²) in [6, 6.07) is 14.9. The molecule has 1 aromatic heterocycles. The number of hydrogen-bond acceptors (Lipinski definition) is 8. The number of thioether (sulfide) groups is 1. The first-order valence-corrected chi connectivity index (χ1v) is 12.3. The second kappa shape index (κ2) is 11.7. The number of amides is 2.